The lowest BCUT2D eigenvalue weighted by Crippen LogP contribution is -2.25. The molecule has 2 aromatic heterocycles. The summed E-state index contributed by atoms with van der Waals surface area (Å²) in [6.07, 6.45) is 10.7. The van der Waals surface area contributed by atoms with Crippen LogP contribution in [0.1, 0.15) is 38.1 Å². The maximum atomic E-state index is 13.4. The summed E-state index contributed by atoms with van der Waals surface area (Å²) in [5.41, 5.74) is 2.87. The van der Waals surface area contributed by atoms with Gasteiger partial charge in [0.15, 0.2) is 0 Å². The predicted octanol–water partition coefficient (Wildman–Crippen LogP) is 4.04. The average molecular weight is 354 g/mol. The molecule has 136 valence electrons. The summed E-state index contributed by atoms with van der Waals surface area (Å²) in [6, 6.07) is 5.18. The molecule has 0 radical (unpaired) electrons. The molecule has 1 amide bonds. The Morgan fingerprint density at radius 1 is 1.35 bits per heavy atom. The number of halogens is 1. The van der Waals surface area contributed by atoms with E-state index in [1.807, 2.05) is 17.1 Å². The third kappa shape index (κ3) is 3.23. The molecule has 4 rings (SSSR count). The normalized spacial score (nSPS) is 20.4. The fourth-order valence-corrected chi connectivity index (χ4v) is 3.99. The van der Waals surface area contributed by atoms with E-state index in [1.54, 1.807) is 13.1 Å². The summed E-state index contributed by atoms with van der Waals surface area (Å²) in [4.78, 5) is 14.7. The molecule has 0 atom stereocenters. The van der Waals surface area contributed by atoms with E-state index in [0.29, 0.717) is 18.4 Å². The van der Waals surface area contributed by atoms with Gasteiger partial charge in [0.2, 0.25) is 5.91 Å². The van der Waals surface area contributed by atoms with E-state index in [1.165, 1.54) is 12.1 Å². The Labute approximate surface area is 151 Å². The van der Waals surface area contributed by atoms with E-state index in [4.69, 9.17) is 0 Å². The number of H-pyrrole nitrogens is 1. The molecule has 1 aliphatic rings. The number of nitrogens with one attached hydrogen (secondary N) is 2. The minimum atomic E-state index is -0.241. The number of carbonyl (C=O) groups excluding carboxylic acids is 1. The molecule has 0 bridgehead atoms. The molecule has 2 heterocycles. The minimum absolute atomic E-state index is 0.130. The molecule has 0 unspecified atom stereocenters. The highest BCUT2D eigenvalue weighted by atomic mass is 19.1. The van der Waals surface area contributed by atoms with Gasteiger partial charge in [-0.25, -0.2) is 4.39 Å². The van der Waals surface area contributed by atoms with Gasteiger partial charge in [-0.3, -0.25) is 9.48 Å². The third-order valence-corrected chi connectivity index (χ3v) is 5.50. The molecule has 2 N–H and O–H groups in total. The van der Waals surface area contributed by atoms with Gasteiger partial charge in [-0.05, 0) is 49.8 Å². The van der Waals surface area contributed by atoms with Crippen LogP contribution in [0, 0.1) is 11.7 Å². The largest absolute Gasteiger partial charge is 0.360 e. The molecule has 1 fully saturated rings. The lowest BCUT2D eigenvalue weighted by Gasteiger charge is -2.28. The van der Waals surface area contributed by atoms with Gasteiger partial charge in [-0.15, -0.1) is 0 Å². The standard InChI is InChI=1S/C20H23FN4O/c1-22-20(26)8-13-2-5-16(6-3-13)25-12-14(10-24-25)18-11-23-19-9-15(21)4-7-17(18)19/h4,7,9-13,16,23H,2-3,5-6,8H2,1H3,(H,22,26). The lowest BCUT2D eigenvalue weighted by molar-refractivity contribution is -0.121. The second-order valence-electron chi connectivity index (χ2n) is 7.15. The number of fused-ring (bicyclic) bond motifs is 1. The molecular formula is C20H23FN4O. The molecule has 0 spiro atoms. The van der Waals surface area contributed by atoms with Crippen LogP contribution >= 0.6 is 0 Å². The summed E-state index contributed by atoms with van der Waals surface area (Å²) in [6.45, 7) is 0. The first-order valence-corrected chi connectivity index (χ1v) is 9.16. The van der Waals surface area contributed by atoms with Gasteiger partial charge in [0.25, 0.3) is 0 Å². The van der Waals surface area contributed by atoms with Crippen molar-refractivity contribution in [1.82, 2.24) is 20.1 Å². The summed E-state index contributed by atoms with van der Waals surface area (Å²) in [7, 11) is 1.69. The Kier molecular flexibility index (Phi) is 4.49. The summed E-state index contributed by atoms with van der Waals surface area (Å²) < 4.78 is 15.4. The van der Waals surface area contributed by atoms with E-state index in [0.717, 1.165) is 47.7 Å². The maximum Gasteiger partial charge on any atom is 0.220 e. The van der Waals surface area contributed by atoms with Gasteiger partial charge in [0, 0.05) is 47.9 Å². The first-order chi connectivity index (χ1) is 12.6. The van der Waals surface area contributed by atoms with Gasteiger partial charge >= 0.3 is 0 Å². The third-order valence-electron chi connectivity index (χ3n) is 5.50. The highest BCUT2D eigenvalue weighted by molar-refractivity contribution is 5.95. The fourth-order valence-electron chi connectivity index (χ4n) is 3.99. The van der Waals surface area contributed by atoms with E-state index in [9.17, 15) is 9.18 Å². The average Bonchev–Trinajstić information content (AvgIpc) is 3.28. The summed E-state index contributed by atoms with van der Waals surface area (Å²) in [5.74, 6) is 0.366. The molecule has 1 aliphatic carbocycles. The lowest BCUT2D eigenvalue weighted by atomic mass is 9.84. The van der Waals surface area contributed by atoms with Crippen LogP contribution < -0.4 is 5.32 Å². The summed E-state index contributed by atoms with van der Waals surface area (Å²) in [5, 5.41) is 8.28. The van der Waals surface area contributed by atoms with E-state index >= 15 is 0 Å². The van der Waals surface area contributed by atoms with Crippen molar-refractivity contribution in [2.24, 2.45) is 5.92 Å². The van der Waals surface area contributed by atoms with Crippen molar-refractivity contribution in [3.8, 4) is 11.1 Å². The maximum absolute atomic E-state index is 13.4. The van der Waals surface area contributed by atoms with Gasteiger partial charge in [-0.1, -0.05) is 0 Å². The number of nitrogens with zero attached hydrogens (tertiary/aromatic N) is 2. The number of hydrogen-bond acceptors (Lipinski definition) is 2. The van der Waals surface area contributed by atoms with Gasteiger partial charge < -0.3 is 10.3 Å². The highest BCUT2D eigenvalue weighted by Gasteiger charge is 2.24. The van der Waals surface area contributed by atoms with E-state index in [2.05, 4.69) is 21.6 Å². The SMILES string of the molecule is CNC(=O)CC1CCC(n2cc(-c3c[nH]c4cc(F)ccc34)cn2)CC1. The fraction of sp³-hybridized carbons (Fsp3) is 0.400. The quantitative estimate of drug-likeness (QED) is 0.743. The smallest absolute Gasteiger partial charge is 0.220 e. The van der Waals surface area contributed by atoms with Crippen LogP contribution in [0.25, 0.3) is 22.0 Å². The van der Waals surface area contributed by atoms with Gasteiger partial charge in [0.1, 0.15) is 5.82 Å². The van der Waals surface area contributed by atoms with Crippen LogP contribution in [0.2, 0.25) is 0 Å². The number of hydrogen-bond donors (Lipinski definition) is 2. The predicted molar refractivity (Wildman–Crippen MR) is 99.2 cm³/mol. The van der Waals surface area contributed by atoms with Crippen molar-refractivity contribution in [1.29, 1.82) is 0 Å². The zero-order chi connectivity index (χ0) is 18.1. The molecule has 5 nitrogen and oxygen atoms in total. The van der Waals surface area contributed by atoms with Crippen LogP contribution in [-0.4, -0.2) is 27.7 Å². The Hall–Kier alpha value is -2.63. The van der Waals surface area contributed by atoms with Crippen LogP contribution in [0.4, 0.5) is 4.39 Å². The van der Waals surface area contributed by atoms with Crippen LogP contribution in [-0.2, 0) is 4.79 Å². The van der Waals surface area contributed by atoms with Crippen molar-refractivity contribution in [3.63, 3.8) is 0 Å². The number of aromatic amines is 1. The monoisotopic (exact) mass is 354 g/mol. The molecular weight excluding hydrogens is 331 g/mol. The molecule has 1 saturated carbocycles. The number of benzene rings is 1. The first-order valence-electron chi connectivity index (χ1n) is 9.16. The van der Waals surface area contributed by atoms with Crippen molar-refractivity contribution in [2.75, 3.05) is 7.05 Å². The van der Waals surface area contributed by atoms with E-state index in [-0.39, 0.29) is 11.7 Å². The second-order valence-corrected chi connectivity index (χ2v) is 7.15. The Morgan fingerprint density at radius 2 is 2.15 bits per heavy atom. The molecule has 6 heteroatoms. The molecule has 0 saturated heterocycles. The zero-order valence-corrected chi connectivity index (χ0v) is 14.8. The van der Waals surface area contributed by atoms with Crippen LogP contribution in [0.5, 0.6) is 0 Å². The number of carbonyl (C=O) groups is 1. The Bertz CT molecular complexity index is 921. The van der Waals surface area contributed by atoms with Crippen LogP contribution in [0.3, 0.4) is 0 Å². The van der Waals surface area contributed by atoms with Crippen LogP contribution in [0.15, 0.2) is 36.8 Å². The van der Waals surface area contributed by atoms with Crippen molar-refractivity contribution >= 4 is 16.8 Å². The first kappa shape index (κ1) is 16.8. The van der Waals surface area contributed by atoms with Gasteiger partial charge in [0.05, 0.1) is 12.2 Å². The number of amides is 1. The topological polar surface area (TPSA) is 62.7 Å². The number of rotatable bonds is 4. The summed E-state index contributed by atoms with van der Waals surface area (Å²) >= 11 is 0. The minimum Gasteiger partial charge on any atom is -0.360 e. The van der Waals surface area contributed by atoms with Gasteiger partial charge in [-0.2, -0.15) is 5.10 Å². The van der Waals surface area contributed by atoms with Crippen molar-refractivity contribution in [3.05, 3.63) is 42.6 Å². The Morgan fingerprint density at radius 3 is 2.92 bits per heavy atom. The highest BCUT2D eigenvalue weighted by Crippen LogP contribution is 2.35. The van der Waals surface area contributed by atoms with E-state index < -0.39 is 0 Å². The van der Waals surface area contributed by atoms with Crippen molar-refractivity contribution in [2.45, 2.75) is 38.1 Å². The molecule has 3 aromatic rings. The number of aromatic nitrogens is 3. The second kappa shape index (κ2) is 6.94. The molecule has 0 aliphatic heterocycles. The molecule has 1 aromatic carbocycles. The van der Waals surface area contributed by atoms with Crippen molar-refractivity contribution < 1.29 is 9.18 Å². The molecule has 26 heavy (non-hydrogen) atoms. The zero-order valence-electron chi connectivity index (χ0n) is 14.8. The Balaban J connectivity index is 1.47.